The number of anilines is 1. The predicted octanol–water partition coefficient (Wildman–Crippen LogP) is 4.23. The first-order valence-electron chi connectivity index (χ1n) is 10.4. The van der Waals surface area contributed by atoms with Gasteiger partial charge in [0.05, 0.1) is 6.20 Å². The van der Waals surface area contributed by atoms with Gasteiger partial charge in [-0.3, -0.25) is 0 Å². The van der Waals surface area contributed by atoms with Crippen LogP contribution in [0.3, 0.4) is 0 Å². The highest BCUT2D eigenvalue weighted by Gasteiger charge is 2.40. The lowest BCUT2D eigenvalue weighted by Crippen LogP contribution is -2.61. The fraction of sp³-hybridized carbons (Fsp3) is 0.500. The second-order valence-corrected chi connectivity index (χ2v) is 10.7. The molecule has 0 unspecified atom stereocenters. The van der Waals surface area contributed by atoms with E-state index in [9.17, 15) is 0 Å². The molecule has 2 aliphatic heterocycles. The van der Waals surface area contributed by atoms with Crippen molar-refractivity contribution in [3.63, 3.8) is 0 Å². The van der Waals surface area contributed by atoms with Crippen molar-refractivity contribution in [1.82, 2.24) is 25.7 Å². The molecule has 1 saturated heterocycles. The topological polar surface area (TPSA) is 79.0 Å². The Bertz CT molecular complexity index is 1060. The summed E-state index contributed by atoms with van der Waals surface area (Å²) in [5, 5.41) is 15.6. The van der Waals surface area contributed by atoms with Crippen LogP contribution in [0.25, 0.3) is 21.7 Å². The van der Waals surface area contributed by atoms with Crippen molar-refractivity contribution < 1.29 is 4.74 Å². The standard InChI is InChI=1S/C22H28N6OS/c1-21(2)9-15(10-22(3,4)26-21)28(5)20-24-19-18(30-20)16-7-6-13(8-14(16)12-29-19)17-11-23-27-25-17/h6-8,11,15,26H,9-10,12H2,1-5H3,(H,23,25,27). The number of hydrogen-bond donors (Lipinski definition) is 2. The van der Waals surface area contributed by atoms with E-state index < -0.39 is 0 Å². The number of aromatic nitrogens is 4. The van der Waals surface area contributed by atoms with Gasteiger partial charge in [0, 0.05) is 35.3 Å². The average Bonchev–Trinajstić information content (AvgIpc) is 3.34. The molecular weight excluding hydrogens is 396 g/mol. The molecule has 30 heavy (non-hydrogen) atoms. The Labute approximate surface area is 180 Å². The zero-order chi connectivity index (χ0) is 21.1. The van der Waals surface area contributed by atoms with Crippen LogP contribution in [0, 0.1) is 0 Å². The Balaban J connectivity index is 1.45. The van der Waals surface area contributed by atoms with E-state index in [0.717, 1.165) is 45.6 Å². The summed E-state index contributed by atoms with van der Waals surface area (Å²) in [5.74, 6) is 0.746. The monoisotopic (exact) mass is 424 g/mol. The van der Waals surface area contributed by atoms with Crippen LogP contribution in [0.5, 0.6) is 5.88 Å². The van der Waals surface area contributed by atoms with Gasteiger partial charge in [0.1, 0.15) is 17.2 Å². The van der Waals surface area contributed by atoms with Crippen molar-refractivity contribution in [3.05, 3.63) is 30.0 Å². The lowest BCUT2D eigenvalue weighted by molar-refractivity contribution is 0.161. The number of piperidine rings is 1. The number of nitrogens with one attached hydrogen (secondary N) is 2. The molecule has 2 N–H and O–H groups in total. The maximum atomic E-state index is 6.04. The molecule has 8 heteroatoms. The van der Waals surface area contributed by atoms with E-state index >= 15 is 0 Å². The molecule has 0 atom stereocenters. The number of H-pyrrole nitrogens is 1. The third kappa shape index (κ3) is 3.48. The van der Waals surface area contributed by atoms with E-state index in [-0.39, 0.29) is 11.1 Å². The number of fused-ring (bicyclic) bond motifs is 3. The SMILES string of the molecule is CN(c1nc2c(s1)-c1ccc(-c3cn[nH]n3)cc1CO2)C1CC(C)(C)NC(C)(C)C1. The molecule has 0 amide bonds. The second-order valence-electron chi connectivity index (χ2n) is 9.71. The molecule has 1 aromatic carbocycles. The predicted molar refractivity (Wildman–Crippen MR) is 120 cm³/mol. The fourth-order valence-corrected chi connectivity index (χ4v) is 6.10. The van der Waals surface area contributed by atoms with Crippen LogP contribution in [0.4, 0.5) is 5.13 Å². The molecule has 4 heterocycles. The summed E-state index contributed by atoms with van der Waals surface area (Å²) in [7, 11) is 2.17. The van der Waals surface area contributed by atoms with Crippen molar-refractivity contribution in [2.75, 3.05) is 11.9 Å². The van der Waals surface area contributed by atoms with Gasteiger partial charge in [-0.1, -0.05) is 23.5 Å². The molecule has 7 nitrogen and oxygen atoms in total. The quantitative estimate of drug-likeness (QED) is 0.655. The van der Waals surface area contributed by atoms with Gasteiger partial charge >= 0.3 is 0 Å². The summed E-state index contributed by atoms with van der Waals surface area (Å²) in [4.78, 5) is 8.32. The first-order valence-corrected chi connectivity index (χ1v) is 11.2. The van der Waals surface area contributed by atoms with Gasteiger partial charge in [0.25, 0.3) is 0 Å². The minimum Gasteiger partial charge on any atom is -0.472 e. The van der Waals surface area contributed by atoms with Gasteiger partial charge in [-0.2, -0.15) is 20.4 Å². The molecule has 0 radical (unpaired) electrons. The highest BCUT2D eigenvalue weighted by atomic mass is 32.1. The molecule has 2 aliphatic rings. The summed E-state index contributed by atoms with van der Waals surface area (Å²) >= 11 is 1.72. The fourth-order valence-electron chi connectivity index (χ4n) is 4.99. The lowest BCUT2D eigenvalue weighted by Gasteiger charge is -2.48. The summed E-state index contributed by atoms with van der Waals surface area (Å²) in [6.07, 6.45) is 3.89. The van der Waals surface area contributed by atoms with Crippen LogP contribution < -0.4 is 15.0 Å². The number of rotatable bonds is 3. The Morgan fingerprint density at radius 3 is 2.63 bits per heavy atom. The molecular formula is C22H28N6OS. The van der Waals surface area contributed by atoms with Crippen molar-refractivity contribution in [2.45, 2.75) is 64.3 Å². The number of ether oxygens (including phenoxy) is 1. The van der Waals surface area contributed by atoms with E-state index in [0.29, 0.717) is 12.6 Å². The largest absolute Gasteiger partial charge is 0.472 e. The van der Waals surface area contributed by atoms with Crippen LogP contribution >= 0.6 is 11.3 Å². The molecule has 0 spiro atoms. The summed E-state index contributed by atoms with van der Waals surface area (Å²) in [5.41, 5.74) is 4.42. The molecule has 3 aromatic rings. The van der Waals surface area contributed by atoms with Crippen molar-refractivity contribution in [3.8, 4) is 27.6 Å². The van der Waals surface area contributed by atoms with Crippen molar-refractivity contribution in [1.29, 1.82) is 0 Å². The van der Waals surface area contributed by atoms with Crippen molar-refractivity contribution >= 4 is 16.5 Å². The summed E-state index contributed by atoms with van der Waals surface area (Å²) in [6.45, 7) is 9.66. The Morgan fingerprint density at radius 1 is 1.17 bits per heavy atom. The van der Waals surface area contributed by atoms with Crippen LogP contribution in [-0.4, -0.2) is 44.6 Å². The third-order valence-corrected chi connectivity index (χ3v) is 7.19. The first kappa shape index (κ1) is 19.5. The van der Waals surface area contributed by atoms with Gasteiger partial charge in [0.15, 0.2) is 5.13 Å². The van der Waals surface area contributed by atoms with Gasteiger partial charge in [-0.25, -0.2) is 0 Å². The minimum atomic E-state index is 0.0954. The van der Waals surface area contributed by atoms with Crippen LogP contribution in [0.1, 0.15) is 46.1 Å². The third-order valence-electron chi connectivity index (χ3n) is 6.03. The number of hydrogen-bond acceptors (Lipinski definition) is 7. The Morgan fingerprint density at radius 2 is 1.93 bits per heavy atom. The molecule has 0 saturated carbocycles. The normalized spacial score (nSPS) is 19.6. The molecule has 0 aliphatic carbocycles. The van der Waals surface area contributed by atoms with E-state index in [4.69, 9.17) is 9.72 Å². The van der Waals surface area contributed by atoms with Gasteiger partial charge in [0.2, 0.25) is 5.88 Å². The van der Waals surface area contributed by atoms with E-state index in [1.165, 1.54) is 5.56 Å². The summed E-state index contributed by atoms with van der Waals surface area (Å²) < 4.78 is 6.04. The zero-order valence-corrected chi connectivity index (χ0v) is 18.9. The number of aromatic amines is 1. The van der Waals surface area contributed by atoms with Crippen LogP contribution in [0.2, 0.25) is 0 Å². The molecule has 5 rings (SSSR count). The molecule has 0 bridgehead atoms. The maximum absolute atomic E-state index is 6.04. The zero-order valence-electron chi connectivity index (χ0n) is 18.1. The van der Waals surface area contributed by atoms with Gasteiger partial charge in [-0.05, 0) is 52.2 Å². The smallest absolute Gasteiger partial charge is 0.234 e. The van der Waals surface area contributed by atoms with Gasteiger partial charge in [-0.15, -0.1) is 0 Å². The highest BCUT2D eigenvalue weighted by Crippen LogP contribution is 2.46. The van der Waals surface area contributed by atoms with Gasteiger partial charge < -0.3 is 15.0 Å². The lowest BCUT2D eigenvalue weighted by atomic mass is 9.79. The van der Waals surface area contributed by atoms with E-state index in [2.05, 4.69) is 78.6 Å². The number of thiazole rings is 1. The van der Waals surface area contributed by atoms with E-state index in [1.54, 1.807) is 17.5 Å². The maximum Gasteiger partial charge on any atom is 0.234 e. The average molecular weight is 425 g/mol. The Hall–Kier alpha value is -2.45. The number of benzene rings is 1. The van der Waals surface area contributed by atoms with Crippen LogP contribution in [-0.2, 0) is 6.61 Å². The number of nitrogens with zero attached hydrogens (tertiary/aromatic N) is 4. The highest BCUT2D eigenvalue weighted by molar-refractivity contribution is 7.19. The second kappa shape index (κ2) is 6.78. The first-order chi connectivity index (χ1) is 14.2. The van der Waals surface area contributed by atoms with Crippen molar-refractivity contribution in [2.24, 2.45) is 0 Å². The minimum absolute atomic E-state index is 0.0954. The molecule has 2 aromatic heterocycles. The van der Waals surface area contributed by atoms with E-state index in [1.807, 2.05) is 0 Å². The Kier molecular flexibility index (Phi) is 4.41. The van der Waals surface area contributed by atoms with Crippen LogP contribution in [0.15, 0.2) is 24.4 Å². The summed E-state index contributed by atoms with van der Waals surface area (Å²) in [6, 6.07) is 6.81. The molecule has 158 valence electrons. The molecule has 1 fully saturated rings.